The number of hydrogen-bond donors (Lipinski definition) is 1. The summed E-state index contributed by atoms with van der Waals surface area (Å²) in [5.41, 5.74) is 13.3. The van der Waals surface area contributed by atoms with E-state index in [2.05, 4.69) is 87.6 Å². The van der Waals surface area contributed by atoms with Crippen LogP contribution >= 0.6 is 19.4 Å². The van der Waals surface area contributed by atoms with Crippen LogP contribution in [0.2, 0.25) is 0 Å². The summed E-state index contributed by atoms with van der Waals surface area (Å²) in [4.78, 5) is 17.1. The molecule has 0 unspecified atom stereocenters. The van der Waals surface area contributed by atoms with Crippen molar-refractivity contribution >= 4 is 47.0 Å². The number of nitrogens with one attached hydrogen (secondary N) is 1. The first-order chi connectivity index (χ1) is 22.7. The first-order valence-electron chi connectivity index (χ1n) is 16.1. The second kappa shape index (κ2) is 18.1. The zero-order chi connectivity index (χ0) is 35.1. The molecule has 1 saturated heterocycles. The average molecular weight is 793 g/mol. The number of amides is 1. The van der Waals surface area contributed by atoms with Crippen LogP contribution in [-0.4, -0.2) is 29.7 Å². The standard InChI is InChI=1S/C21H27N2.C18H20N2O2.CH4.2ClH.Ru/c1-14-9-16(3)20(17(4)10-14)22-7-8-23(13-22)21-18(5)11-15(2)12-19(21)6;1-13(2)22-17-6-5-16(11-14(17)3)19-18(21)12-15-7-9-20(4)10-8-15;;;;/h9-13H,7-8H2,1-6H3;3,5-11,13H,12H2,1-2,4H3;1H4;2*1H;/q-1;;;;;+2/p-1. The molecule has 0 atom stereocenters. The predicted octanol–water partition coefficient (Wildman–Crippen LogP) is 9.17. The molecule has 0 radical (unpaired) electrons. The van der Waals surface area contributed by atoms with E-state index in [4.69, 9.17) is 24.1 Å². The number of ether oxygens (including phenoxy) is 1. The third-order valence-corrected chi connectivity index (χ3v) is 9.79. The van der Waals surface area contributed by atoms with E-state index in [0.717, 1.165) is 24.2 Å². The van der Waals surface area contributed by atoms with Gasteiger partial charge in [0.2, 0.25) is 0 Å². The zero-order valence-electron chi connectivity index (χ0n) is 29.5. The Hall–Kier alpha value is -3.25. The monoisotopic (exact) mass is 792 g/mol. The van der Waals surface area contributed by atoms with E-state index in [0.29, 0.717) is 17.9 Å². The van der Waals surface area contributed by atoms with Crippen LogP contribution in [0, 0.1) is 48.2 Å². The minimum Gasteiger partial charge on any atom is -0.502 e. The molecule has 1 fully saturated rings. The molecule has 9 heteroatoms. The Balaban J connectivity index is 0.000000261. The number of anilines is 3. The summed E-state index contributed by atoms with van der Waals surface area (Å²) in [7, 11) is 14.0. The van der Waals surface area contributed by atoms with Gasteiger partial charge in [0.15, 0.2) is 0 Å². The van der Waals surface area contributed by atoms with Crippen molar-refractivity contribution in [3.63, 3.8) is 0 Å². The largest absolute Gasteiger partial charge is 0.502 e. The van der Waals surface area contributed by atoms with Crippen molar-refractivity contribution in [2.75, 3.05) is 28.2 Å². The minimum atomic E-state index is -2.01. The van der Waals surface area contributed by atoms with E-state index in [1.165, 1.54) is 44.8 Å². The molecular formula is C40H52Cl2N4O2Ru. The summed E-state index contributed by atoms with van der Waals surface area (Å²) in [6.45, 7) is 21.5. The van der Waals surface area contributed by atoms with E-state index in [1.54, 1.807) is 0 Å². The topological polar surface area (TPSA) is 48.7 Å². The van der Waals surface area contributed by atoms with Gasteiger partial charge >= 0.3 is 162 Å². The van der Waals surface area contributed by atoms with Crippen molar-refractivity contribution in [2.45, 2.75) is 75.3 Å². The zero-order valence-corrected chi connectivity index (χ0v) is 32.7. The molecule has 49 heavy (non-hydrogen) atoms. The molecule has 0 spiro atoms. The van der Waals surface area contributed by atoms with Gasteiger partial charge in [-0.05, 0) is 63.8 Å². The molecule has 0 bridgehead atoms. The van der Waals surface area contributed by atoms with Crippen molar-refractivity contribution in [3.05, 3.63) is 118 Å². The van der Waals surface area contributed by atoms with Crippen LogP contribution in [0.3, 0.4) is 0 Å². The molecule has 0 saturated carbocycles. The van der Waals surface area contributed by atoms with Gasteiger partial charge in [0.25, 0.3) is 0 Å². The molecule has 1 aromatic heterocycles. The maximum atomic E-state index is 12.3. The summed E-state index contributed by atoms with van der Waals surface area (Å²) in [5.74, 6) is 0.631. The van der Waals surface area contributed by atoms with Crippen LogP contribution in [0.25, 0.3) is 0 Å². The summed E-state index contributed by atoms with van der Waals surface area (Å²) < 4.78 is 9.52. The van der Waals surface area contributed by atoms with E-state index in [1.807, 2.05) is 72.8 Å². The Morgan fingerprint density at radius 3 is 1.82 bits per heavy atom. The van der Waals surface area contributed by atoms with Crippen LogP contribution in [0.4, 0.5) is 17.1 Å². The Morgan fingerprint density at radius 1 is 0.878 bits per heavy atom. The Morgan fingerprint density at radius 2 is 1.37 bits per heavy atom. The summed E-state index contributed by atoms with van der Waals surface area (Å²) in [5, 5.41) is 2.91. The number of hydrogen-bond acceptors (Lipinski definition) is 4. The molecule has 3 aromatic carbocycles. The van der Waals surface area contributed by atoms with E-state index < -0.39 is 13.5 Å². The number of nitrogens with zero attached hydrogens (tertiary/aromatic N) is 3. The van der Waals surface area contributed by atoms with Gasteiger partial charge < -0.3 is 9.80 Å². The molecular weight excluding hydrogens is 740 g/mol. The van der Waals surface area contributed by atoms with Gasteiger partial charge in [-0.2, -0.15) is 6.67 Å². The van der Waals surface area contributed by atoms with Gasteiger partial charge in [0.1, 0.15) is 0 Å². The van der Waals surface area contributed by atoms with E-state index in [-0.39, 0.29) is 19.4 Å². The number of carbonyl (C=O) groups is 1. The third-order valence-electron chi connectivity index (χ3n) is 7.96. The van der Waals surface area contributed by atoms with Gasteiger partial charge in [-0.3, -0.25) is 0 Å². The Bertz CT molecular complexity index is 1680. The summed E-state index contributed by atoms with van der Waals surface area (Å²) in [6, 6.07) is 18.5. The van der Waals surface area contributed by atoms with Crippen molar-refractivity contribution in [2.24, 2.45) is 7.05 Å². The molecule has 2 heterocycles. The van der Waals surface area contributed by atoms with Crippen molar-refractivity contribution < 1.29 is 27.6 Å². The quantitative estimate of drug-likeness (QED) is 0.110. The molecule has 1 aliphatic rings. The first-order valence-corrected chi connectivity index (χ1v) is 21.6. The SMILES string of the molecule is C.CC(C)Oc1ccc(NC(=O)Cc2cc[n+](C)cc2)cc1[CH]=[Ru]([Cl])[Cl].Cc1cc(C)c(N2[CH-]N(c3c(C)cc(C)cc3C)CC2)c(C)c1. The molecule has 1 amide bonds. The third kappa shape index (κ3) is 11.4. The predicted molar refractivity (Wildman–Crippen MR) is 206 cm³/mol. The van der Waals surface area contributed by atoms with E-state index in [9.17, 15) is 4.79 Å². The van der Waals surface area contributed by atoms with Crippen LogP contribution in [0.1, 0.15) is 65.8 Å². The molecule has 1 N–H and O–H groups in total. The number of pyridine rings is 1. The number of rotatable bonds is 8. The van der Waals surface area contributed by atoms with Gasteiger partial charge in [-0.1, -0.05) is 42.8 Å². The Labute approximate surface area is 307 Å². The molecule has 266 valence electrons. The summed E-state index contributed by atoms with van der Waals surface area (Å²) in [6.07, 6.45) is 4.18. The van der Waals surface area contributed by atoms with E-state index >= 15 is 0 Å². The molecule has 5 rings (SSSR count). The summed E-state index contributed by atoms with van der Waals surface area (Å²) >= 11 is -2.01. The van der Waals surface area contributed by atoms with Gasteiger partial charge in [0.05, 0.1) is 0 Å². The molecule has 1 aliphatic heterocycles. The fraction of sp³-hybridized carbons (Fsp3) is 0.350. The first kappa shape index (κ1) is 40.2. The normalized spacial score (nSPS) is 12.6. The fourth-order valence-corrected chi connectivity index (χ4v) is 8.06. The average Bonchev–Trinajstić information content (AvgIpc) is 3.43. The minimum absolute atomic E-state index is 0. The maximum absolute atomic E-state index is 12.3. The molecule has 4 aromatic rings. The molecule has 0 aliphatic carbocycles. The number of aromatic nitrogens is 1. The van der Waals surface area contributed by atoms with Crippen LogP contribution in [0.5, 0.6) is 5.75 Å². The number of benzene rings is 3. The number of halogens is 2. The maximum Gasteiger partial charge on any atom is 0.0146 e. The van der Waals surface area contributed by atoms with Crippen molar-refractivity contribution in [1.82, 2.24) is 0 Å². The molecule has 6 nitrogen and oxygen atoms in total. The van der Waals surface area contributed by atoms with Crippen LogP contribution < -0.4 is 24.4 Å². The van der Waals surface area contributed by atoms with Gasteiger partial charge in [-0.25, -0.2) is 0 Å². The van der Waals surface area contributed by atoms with Gasteiger partial charge in [0, 0.05) is 24.5 Å². The number of carbonyl (C=O) groups excluding carboxylic acids is 1. The second-order valence-corrected chi connectivity index (χ2v) is 18.5. The van der Waals surface area contributed by atoms with Crippen LogP contribution in [-0.2, 0) is 31.8 Å². The smallest absolute Gasteiger partial charge is 0.0146 e. The second-order valence-electron chi connectivity index (χ2n) is 12.8. The van der Waals surface area contributed by atoms with Gasteiger partial charge in [-0.15, -0.1) is 0 Å². The fourth-order valence-electron chi connectivity index (χ4n) is 6.28. The Kier molecular flexibility index (Phi) is 14.9. The van der Waals surface area contributed by atoms with Crippen molar-refractivity contribution in [3.8, 4) is 5.75 Å². The van der Waals surface area contributed by atoms with Crippen molar-refractivity contribution in [1.29, 1.82) is 0 Å². The van der Waals surface area contributed by atoms with Crippen LogP contribution in [0.15, 0.2) is 67.0 Å². The number of aryl methyl sites for hydroxylation is 7.